The maximum absolute atomic E-state index is 11.4. The minimum absolute atomic E-state index is 0. The number of guanidine groups is 1. The summed E-state index contributed by atoms with van der Waals surface area (Å²) in [6.45, 7) is 3.08. The Morgan fingerprint density at radius 3 is 2.10 bits per heavy atom. The standard InChI is InChI=1S/C22H24N4O2S.HI/c1-17-7-9-18(10-8-17)15-24-22(26-20-5-3-2-4-6-20)25-16-19-11-13-21(14-12-19)29(23,27)28;/h2-14H,15-16H2,1H3,(H2,23,27,28)(H2,24,25,26);1H. The number of sulfonamides is 1. The van der Waals surface area contributed by atoms with Crippen LogP contribution in [0.15, 0.2) is 88.8 Å². The number of nitrogens with two attached hydrogens (primary N) is 1. The van der Waals surface area contributed by atoms with Gasteiger partial charge < -0.3 is 10.6 Å². The molecule has 0 aromatic heterocycles. The van der Waals surface area contributed by atoms with Gasteiger partial charge in [0, 0.05) is 12.2 Å². The maximum Gasteiger partial charge on any atom is 0.238 e. The molecule has 8 heteroatoms. The second kappa shape index (κ2) is 11.1. The van der Waals surface area contributed by atoms with Crippen LogP contribution in [-0.4, -0.2) is 14.4 Å². The number of hydrogen-bond acceptors (Lipinski definition) is 3. The van der Waals surface area contributed by atoms with E-state index in [2.05, 4.69) is 46.8 Å². The van der Waals surface area contributed by atoms with Crippen molar-refractivity contribution in [2.45, 2.75) is 24.9 Å². The Balaban J connectivity index is 0.00000320. The zero-order chi connectivity index (χ0) is 20.7. The Kier molecular flexibility index (Phi) is 8.82. The first-order chi connectivity index (χ1) is 13.9. The third kappa shape index (κ3) is 7.43. The van der Waals surface area contributed by atoms with E-state index in [-0.39, 0.29) is 28.9 Å². The lowest BCUT2D eigenvalue weighted by Gasteiger charge is -2.13. The monoisotopic (exact) mass is 536 g/mol. The molecule has 3 aromatic rings. The molecule has 6 nitrogen and oxygen atoms in total. The first-order valence-corrected chi connectivity index (χ1v) is 10.7. The van der Waals surface area contributed by atoms with Crippen molar-refractivity contribution in [3.8, 4) is 0 Å². The van der Waals surface area contributed by atoms with Gasteiger partial charge in [-0.15, -0.1) is 24.0 Å². The van der Waals surface area contributed by atoms with Crippen molar-refractivity contribution >= 4 is 45.6 Å². The highest BCUT2D eigenvalue weighted by molar-refractivity contribution is 14.0. The first-order valence-electron chi connectivity index (χ1n) is 9.18. The van der Waals surface area contributed by atoms with Gasteiger partial charge in [0.1, 0.15) is 0 Å². The molecule has 0 unspecified atom stereocenters. The molecule has 0 saturated carbocycles. The van der Waals surface area contributed by atoms with E-state index in [0.717, 1.165) is 16.8 Å². The van der Waals surface area contributed by atoms with E-state index in [4.69, 9.17) is 5.14 Å². The molecule has 0 atom stereocenters. The lowest BCUT2D eigenvalue weighted by molar-refractivity contribution is 0.598. The smallest absolute Gasteiger partial charge is 0.238 e. The van der Waals surface area contributed by atoms with Crippen molar-refractivity contribution in [3.05, 3.63) is 95.6 Å². The van der Waals surface area contributed by atoms with Crippen molar-refractivity contribution in [3.63, 3.8) is 0 Å². The Labute approximate surface area is 194 Å². The van der Waals surface area contributed by atoms with Crippen LogP contribution in [0, 0.1) is 6.92 Å². The van der Waals surface area contributed by atoms with Crippen molar-refractivity contribution < 1.29 is 8.42 Å². The molecule has 0 fully saturated rings. The third-order valence-electron chi connectivity index (χ3n) is 4.29. The van der Waals surface area contributed by atoms with Crippen LogP contribution in [0.25, 0.3) is 0 Å². The largest absolute Gasteiger partial charge is 0.352 e. The van der Waals surface area contributed by atoms with E-state index in [0.29, 0.717) is 19.0 Å². The van der Waals surface area contributed by atoms with E-state index >= 15 is 0 Å². The second-order valence-electron chi connectivity index (χ2n) is 6.68. The first kappa shape index (κ1) is 23.8. The van der Waals surface area contributed by atoms with Crippen LogP contribution in [0.3, 0.4) is 0 Å². The molecule has 0 saturated heterocycles. The topological polar surface area (TPSA) is 96.6 Å². The van der Waals surface area contributed by atoms with E-state index < -0.39 is 10.0 Å². The Bertz CT molecular complexity index is 1070. The Morgan fingerprint density at radius 1 is 0.900 bits per heavy atom. The molecule has 30 heavy (non-hydrogen) atoms. The number of primary sulfonamides is 1. The fraction of sp³-hybridized carbons (Fsp3) is 0.136. The van der Waals surface area contributed by atoms with Gasteiger partial charge >= 0.3 is 0 Å². The summed E-state index contributed by atoms with van der Waals surface area (Å²) in [7, 11) is -3.69. The highest BCUT2D eigenvalue weighted by atomic mass is 127. The highest BCUT2D eigenvalue weighted by Crippen LogP contribution is 2.11. The van der Waals surface area contributed by atoms with Crippen LogP contribution in [0.2, 0.25) is 0 Å². The fourth-order valence-electron chi connectivity index (χ4n) is 2.64. The Hall–Kier alpha value is -2.43. The molecule has 0 amide bonds. The zero-order valence-electron chi connectivity index (χ0n) is 16.6. The minimum atomic E-state index is -3.69. The van der Waals surface area contributed by atoms with Gasteiger partial charge in [0.2, 0.25) is 10.0 Å². The zero-order valence-corrected chi connectivity index (χ0v) is 19.7. The SMILES string of the molecule is Cc1ccc(CNC(=NCc2ccc(S(N)(=O)=O)cc2)Nc2ccccc2)cc1.I. The quantitative estimate of drug-likeness (QED) is 0.252. The lowest BCUT2D eigenvalue weighted by atomic mass is 10.1. The van der Waals surface area contributed by atoms with Gasteiger partial charge in [0.25, 0.3) is 0 Å². The summed E-state index contributed by atoms with van der Waals surface area (Å²) < 4.78 is 22.8. The van der Waals surface area contributed by atoms with Crippen LogP contribution >= 0.6 is 24.0 Å². The molecular weight excluding hydrogens is 511 g/mol. The van der Waals surface area contributed by atoms with Crippen LogP contribution in [0.1, 0.15) is 16.7 Å². The van der Waals surface area contributed by atoms with E-state index in [1.165, 1.54) is 17.7 Å². The number of anilines is 1. The van der Waals surface area contributed by atoms with Gasteiger partial charge in [0.15, 0.2) is 5.96 Å². The molecule has 4 N–H and O–H groups in total. The molecule has 0 bridgehead atoms. The molecule has 0 heterocycles. The van der Waals surface area contributed by atoms with Gasteiger partial charge in [-0.3, -0.25) is 0 Å². The number of aryl methyl sites for hydroxylation is 1. The van der Waals surface area contributed by atoms with Crippen molar-refractivity contribution in [1.82, 2.24) is 5.32 Å². The van der Waals surface area contributed by atoms with E-state index in [1.807, 2.05) is 30.3 Å². The molecular formula is C22H25IN4O2S. The molecule has 0 aliphatic carbocycles. The summed E-state index contributed by atoms with van der Waals surface area (Å²) in [5.74, 6) is 0.632. The average molecular weight is 536 g/mol. The number of benzene rings is 3. The molecule has 3 rings (SSSR count). The number of aliphatic imine (C=N–C) groups is 1. The highest BCUT2D eigenvalue weighted by Gasteiger charge is 2.07. The summed E-state index contributed by atoms with van der Waals surface area (Å²) in [6.07, 6.45) is 0. The molecule has 3 aromatic carbocycles. The van der Waals surface area contributed by atoms with Crippen LogP contribution in [-0.2, 0) is 23.1 Å². The van der Waals surface area contributed by atoms with Crippen LogP contribution in [0.5, 0.6) is 0 Å². The number of para-hydroxylation sites is 1. The number of rotatable bonds is 6. The van der Waals surface area contributed by atoms with Gasteiger partial charge in [-0.1, -0.05) is 60.2 Å². The Morgan fingerprint density at radius 2 is 1.50 bits per heavy atom. The van der Waals surface area contributed by atoms with E-state index in [1.54, 1.807) is 12.1 Å². The predicted octanol–water partition coefficient (Wildman–Crippen LogP) is 4.02. The molecule has 0 aliphatic rings. The third-order valence-corrected chi connectivity index (χ3v) is 5.22. The van der Waals surface area contributed by atoms with Gasteiger partial charge in [0.05, 0.1) is 11.4 Å². The van der Waals surface area contributed by atoms with Gasteiger partial charge in [-0.05, 0) is 42.3 Å². The minimum Gasteiger partial charge on any atom is -0.352 e. The summed E-state index contributed by atoms with van der Waals surface area (Å²) in [4.78, 5) is 4.72. The van der Waals surface area contributed by atoms with Crippen LogP contribution in [0.4, 0.5) is 5.69 Å². The molecule has 0 radical (unpaired) electrons. The maximum atomic E-state index is 11.4. The molecule has 158 valence electrons. The second-order valence-corrected chi connectivity index (χ2v) is 8.25. The molecule has 0 spiro atoms. The summed E-state index contributed by atoms with van der Waals surface area (Å²) in [5, 5.41) is 11.8. The van der Waals surface area contributed by atoms with Gasteiger partial charge in [-0.25, -0.2) is 18.5 Å². The fourth-order valence-corrected chi connectivity index (χ4v) is 3.16. The van der Waals surface area contributed by atoms with Crippen molar-refractivity contribution in [2.24, 2.45) is 10.1 Å². The molecule has 0 aliphatic heterocycles. The van der Waals surface area contributed by atoms with Crippen LogP contribution < -0.4 is 15.8 Å². The number of halogens is 1. The summed E-state index contributed by atoms with van der Waals surface area (Å²) in [6, 6.07) is 24.5. The van der Waals surface area contributed by atoms with Crippen molar-refractivity contribution in [1.29, 1.82) is 0 Å². The van der Waals surface area contributed by atoms with Crippen molar-refractivity contribution in [2.75, 3.05) is 5.32 Å². The number of hydrogen-bond donors (Lipinski definition) is 3. The number of nitrogens with zero attached hydrogens (tertiary/aromatic N) is 1. The lowest BCUT2D eigenvalue weighted by Crippen LogP contribution is -2.30. The average Bonchev–Trinajstić information content (AvgIpc) is 2.71. The van der Waals surface area contributed by atoms with E-state index in [9.17, 15) is 8.42 Å². The van der Waals surface area contributed by atoms with Gasteiger partial charge in [-0.2, -0.15) is 0 Å². The summed E-state index contributed by atoms with van der Waals surface area (Å²) in [5.41, 5.74) is 4.16. The number of nitrogens with one attached hydrogen (secondary N) is 2. The summed E-state index contributed by atoms with van der Waals surface area (Å²) >= 11 is 0. The predicted molar refractivity (Wildman–Crippen MR) is 132 cm³/mol. The normalized spacial score (nSPS) is 11.5.